The summed E-state index contributed by atoms with van der Waals surface area (Å²) >= 11 is 1.82. The topological polar surface area (TPSA) is 43.9 Å². The van der Waals surface area contributed by atoms with Crippen LogP contribution < -0.4 is 0 Å². The fraction of sp³-hybridized carbons (Fsp3) is 0. The van der Waals surface area contributed by atoms with E-state index in [0.717, 1.165) is 71.9 Å². The standard InChI is InChI=1S/C46H27N3OS/c1-2-11-28(12-3-1)29-21-23-30(24-22-29)46-47-37(35-17-10-16-34-32-14-6-9-20-41(32)51-45(34)35)27-42(48-46)49-38-18-7-4-15-36(38)43-39(49)26-25-33-31-13-5-8-19-40(31)50-44(33)43/h1-27H. The molecule has 0 aliphatic heterocycles. The zero-order chi connectivity index (χ0) is 33.5. The maximum atomic E-state index is 6.59. The molecule has 0 spiro atoms. The Kier molecular flexibility index (Phi) is 6.09. The lowest BCUT2D eigenvalue weighted by molar-refractivity contribution is 0.673. The van der Waals surface area contributed by atoms with Crippen molar-refractivity contribution in [3.63, 3.8) is 0 Å². The molecule has 0 saturated carbocycles. The van der Waals surface area contributed by atoms with E-state index in [2.05, 4.69) is 150 Å². The molecule has 4 aromatic heterocycles. The number of hydrogen-bond acceptors (Lipinski definition) is 4. The van der Waals surface area contributed by atoms with Gasteiger partial charge in [0.05, 0.1) is 22.1 Å². The number of nitrogens with zero attached hydrogens (tertiary/aromatic N) is 3. The summed E-state index contributed by atoms with van der Waals surface area (Å²) in [6.07, 6.45) is 0. The van der Waals surface area contributed by atoms with Crippen molar-refractivity contribution in [2.45, 2.75) is 0 Å². The molecule has 0 N–H and O–H groups in total. The number of fused-ring (bicyclic) bond motifs is 10. The van der Waals surface area contributed by atoms with Crippen LogP contribution in [-0.4, -0.2) is 14.5 Å². The molecule has 0 radical (unpaired) electrons. The number of thiophene rings is 1. The van der Waals surface area contributed by atoms with Crippen molar-refractivity contribution in [2.24, 2.45) is 0 Å². The molecule has 0 unspecified atom stereocenters. The van der Waals surface area contributed by atoms with Crippen molar-refractivity contribution in [3.05, 3.63) is 164 Å². The minimum absolute atomic E-state index is 0.677. The molecule has 0 atom stereocenters. The van der Waals surface area contributed by atoms with Gasteiger partial charge in [0.25, 0.3) is 0 Å². The average molecular weight is 670 g/mol. The largest absolute Gasteiger partial charge is 0.455 e. The van der Waals surface area contributed by atoms with Crippen molar-refractivity contribution < 1.29 is 4.42 Å². The predicted octanol–water partition coefficient (Wildman–Crippen LogP) is 12.8. The fourth-order valence-corrected chi connectivity index (χ4v) is 8.91. The number of aromatic nitrogens is 3. The van der Waals surface area contributed by atoms with E-state index < -0.39 is 0 Å². The third-order valence-electron chi connectivity index (χ3n) is 10.1. The van der Waals surface area contributed by atoms with Crippen molar-refractivity contribution in [1.29, 1.82) is 0 Å². The molecule has 11 rings (SSSR count). The van der Waals surface area contributed by atoms with Crippen LogP contribution >= 0.6 is 11.3 Å². The molecule has 51 heavy (non-hydrogen) atoms. The van der Waals surface area contributed by atoms with E-state index in [1.165, 1.54) is 25.7 Å². The molecular weight excluding hydrogens is 643 g/mol. The molecule has 5 heteroatoms. The predicted molar refractivity (Wildman–Crippen MR) is 213 cm³/mol. The molecule has 0 aliphatic carbocycles. The minimum Gasteiger partial charge on any atom is -0.455 e. The molecular formula is C46H27N3OS. The van der Waals surface area contributed by atoms with Crippen LogP contribution in [0.5, 0.6) is 0 Å². The highest BCUT2D eigenvalue weighted by Gasteiger charge is 2.21. The van der Waals surface area contributed by atoms with E-state index >= 15 is 0 Å². The van der Waals surface area contributed by atoms with Crippen LogP contribution in [0.3, 0.4) is 0 Å². The molecule has 0 amide bonds. The Morgan fingerprint density at radius 2 is 1.20 bits per heavy atom. The summed E-state index contributed by atoms with van der Waals surface area (Å²) in [5.41, 5.74) is 9.16. The first-order valence-corrected chi connectivity index (χ1v) is 17.9. The summed E-state index contributed by atoms with van der Waals surface area (Å²) in [4.78, 5) is 10.7. The lowest BCUT2D eigenvalue weighted by Crippen LogP contribution is -2.02. The molecule has 0 fully saturated rings. The first-order valence-electron chi connectivity index (χ1n) is 17.1. The van der Waals surface area contributed by atoms with Gasteiger partial charge in [0.2, 0.25) is 0 Å². The third kappa shape index (κ3) is 4.32. The summed E-state index contributed by atoms with van der Waals surface area (Å²) in [6.45, 7) is 0. The zero-order valence-electron chi connectivity index (χ0n) is 27.2. The van der Waals surface area contributed by atoms with Crippen LogP contribution in [0, 0.1) is 0 Å². The highest BCUT2D eigenvalue weighted by Crippen LogP contribution is 2.43. The van der Waals surface area contributed by atoms with Gasteiger partial charge in [0, 0.05) is 53.5 Å². The van der Waals surface area contributed by atoms with Gasteiger partial charge in [0.15, 0.2) is 5.82 Å². The first kappa shape index (κ1) is 28.3. The quantitative estimate of drug-likeness (QED) is 0.187. The molecule has 4 heterocycles. The summed E-state index contributed by atoms with van der Waals surface area (Å²) in [5, 5.41) is 6.94. The Morgan fingerprint density at radius 3 is 2.08 bits per heavy atom. The Hall–Kier alpha value is -6.56. The second kappa shape index (κ2) is 11.0. The van der Waals surface area contributed by atoms with Gasteiger partial charge >= 0.3 is 0 Å². The summed E-state index contributed by atoms with van der Waals surface area (Å²) in [5.74, 6) is 1.48. The van der Waals surface area contributed by atoms with E-state index in [0.29, 0.717) is 5.82 Å². The highest BCUT2D eigenvalue weighted by molar-refractivity contribution is 7.26. The van der Waals surface area contributed by atoms with E-state index in [-0.39, 0.29) is 0 Å². The van der Waals surface area contributed by atoms with Gasteiger partial charge < -0.3 is 4.42 Å². The average Bonchev–Trinajstić information content (AvgIpc) is 3.88. The first-order chi connectivity index (χ1) is 25.3. The van der Waals surface area contributed by atoms with Crippen molar-refractivity contribution in [1.82, 2.24) is 14.5 Å². The number of benzene rings is 7. The van der Waals surface area contributed by atoms with E-state index in [1.54, 1.807) is 0 Å². The van der Waals surface area contributed by atoms with Crippen LogP contribution in [0.25, 0.3) is 104 Å². The van der Waals surface area contributed by atoms with Crippen molar-refractivity contribution >= 4 is 75.3 Å². The van der Waals surface area contributed by atoms with Crippen LogP contribution in [-0.2, 0) is 0 Å². The van der Waals surface area contributed by atoms with E-state index in [9.17, 15) is 0 Å². The molecule has 238 valence electrons. The third-order valence-corrected chi connectivity index (χ3v) is 11.3. The monoisotopic (exact) mass is 669 g/mol. The molecule has 7 aromatic carbocycles. The maximum Gasteiger partial charge on any atom is 0.162 e. The molecule has 0 bridgehead atoms. The Morgan fingerprint density at radius 1 is 0.490 bits per heavy atom. The van der Waals surface area contributed by atoms with Gasteiger partial charge in [0.1, 0.15) is 17.0 Å². The number of para-hydroxylation sites is 2. The van der Waals surface area contributed by atoms with Crippen LogP contribution in [0.1, 0.15) is 0 Å². The fourth-order valence-electron chi connectivity index (χ4n) is 7.69. The minimum atomic E-state index is 0.677. The highest BCUT2D eigenvalue weighted by atomic mass is 32.1. The number of rotatable bonds is 4. The van der Waals surface area contributed by atoms with Crippen LogP contribution in [0.4, 0.5) is 0 Å². The Bertz CT molecular complexity index is 3130. The number of hydrogen-bond donors (Lipinski definition) is 0. The van der Waals surface area contributed by atoms with Crippen molar-refractivity contribution in [2.75, 3.05) is 0 Å². The second-order valence-corrected chi connectivity index (χ2v) is 14.0. The summed E-state index contributed by atoms with van der Waals surface area (Å²) < 4.78 is 11.4. The smallest absolute Gasteiger partial charge is 0.162 e. The van der Waals surface area contributed by atoms with Gasteiger partial charge in [-0.1, -0.05) is 127 Å². The van der Waals surface area contributed by atoms with E-state index in [1.807, 2.05) is 29.5 Å². The maximum absolute atomic E-state index is 6.59. The van der Waals surface area contributed by atoms with Gasteiger partial charge in [-0.25, -0.2) is 9.97 Å². The zero-order valence-corrected chi connectivity index (χ0v) is 28.1. The molecule has 0 aliphatic rings. The molecule has 11 aromatic rings. The van der Waals surface area contributed by atoms with E-state index in [4.69, 9.17) is 14.4 Å². The summed E-state index contributed by atoms with van der Waals surface area (Å²) in [7, 11) is 0. The normalized spacial score (nSPS) is 11.9. The number of furan rings is 1. The lowest BCUT2D eigenvalue weighted by atomic mass is 10.0. The summed E-state index contributed by atoms with van der Waals surface area (Å²) in [6, 6.07) is 57.6. The Labute approximate surface area is 296 Å². The molecule has 0 saturated heterocycles. The van der Waals surface area contributed by atoms with Gasteiger partial charge in [-0.3, -0.25) is 4.57 Å². The SMILES string of the molecule is c1ccc(-c2ccc(-c3nc(-c4cccc5c4sc4ccccc45)cc(-n4c5ccccc5c5c6oc7ccccc7c6ccc54)n3)cc2)cc1. The van der Waals surface area contributed by atoms with Gasteiger partial charge in [-0.05, 0) is 41.5 Å². The van der Waals surface area contributed by atoms with Crippen LogP contribution in [0.2, 0.25) is 0 Å². The second-order valence-electron chi connectivity index (χ2n) is 12.9. The molecule has 4 nitrogen and oxygen atoms in total. The van der Waals surface area contributed by atoms with Crippen molar-refractivity contribution in [3.8, 4) is 39.6 Å². The Balaban J connectivity index is 1.20. The lowest BCUT2D eigenvalue weighted by Gasteiger charge is -2.13. The van der Waals surface area contributed by atoms with Gasteiger partial charge in [-0.15, -0.1) is 11.3 Å². The van der Waals surface area contributed by atoms with Gasteiger partial charge in [-0.2, -0.15) is 0 Å². The van der Waals surface area contributed by atoms with Crippen LogP contribution in [0.15, 0.2) is 168 Å².